The average molecular weight is 543 g/mol. The molecule has 9 nitrogen and oxygen atoms in total. The zero-order chi connectivity index (χ0) is 26.9. The first-order valence-corrected chi connectivity index (χ1v) is 13.7. The number of anilines is 1. The van der Waals surface area contributed by atoms with E-state index in [0.717, 1.165) is 18.4 Å². The summed E-state index contributed by atoms with van der Waals surface area (Å²) in [6, 6.07) is 9.58. The molecule has 11 heteroatoms. The lowest BCUT2D eigenvalue weighted by molar-refractivity contribution is 0.0500. The van der Waals surface area contributed by atoms with Crippen LogP contribution < -0.4 is 15.8 Å². The monoisotopic (exact) mass is 542 g/mol. The first kappa shape index (κ1) is 26.9. The fourth-order valence-electron chi connectivity index (χ4n) is 4.66. The molecule has 1 saturated heterocycles. The van der Waals surface area contributed by atoms with Crippen molar-refractivity contribution in [2.24, 2.45) is 7.05 Å². The molecule has 0 unspecified atom stereocenters. The SMILES string of the molecule is CSc1nc2c(C#N)c(N3CCC[C@@H](NC(=O)OC(C)(C)C)C3)n(Cc3ccccc3Cl)c2c(=O)n1C. The molecular weight excluding hydrogens is 512 g/mol. The van der Waals surface area contributed by atoms with Crippen LogP contribution in [-0.4, -0.2) is 51.2 Å². The van der Waals surface area contributed by atoms with E-state index in [4.69, 9.17) is 21.3 Å². The molecule has 4 rings (SSSR count). The minimum atomic E-state index is -0.603. The standard InChI is InChI=1S/C26H31ClN6O3S/c1-26(2,3)36-25(35)29-17-10-8-12-32(15-17)22-18(13-28)20-21(23(34)31(4)24(30-20)37-5)33(22)14-16-9-6-7-11-19(16)27/h6-7,9,11,17H,8,10,12,14-15H2,1-5H3,(H,29,35)/t17-/m1/s1. The van der Waals surface area contributed by atoms with Crippen molar-refractivity contribution in [2.45, 2.75) is 57.0 Å². The van der Waals surface area contributed by atoms with E-state index >= 15 is 0 Å². The predicted molar refractivity (Wildman–Crippen MR) is 147 cm³/mol. The molecule has 1 atom stereocenters. The zero-order valence-corrected chi connectivity index (χ0v) is 23.2. The van der Waals surface area contributed by atoms with E-state index in [2.05, 4.69) is 16.3 Å². The predicted octanol–water partition coefficient (Wildman–Crippen LogP) is 4.52. The van der Waals surface area contributed by atoms with Gasteiger partial charge in [-0.15, -0.1) is 0 Å². The molecule has 196 valence electrons. The highest BCUT2D eigenvalue weighted by atomic mass is 35.5. The Labute approximate surface area is 225 Å². The Bertz CT molecular complexity index is 1440. The number of nitrogens with one attached hydrogen (secondary N) is 1. The second-order valence-electron chi connectivity index (χ2n) is 10.1. The average Bonchev–Trinajstić information content (AvgIpc) is 3.14. The summed E-state index contributed by atoms with van der Waals surface area (Å²) in [4.78, 5) is 32.8. The summed E-state index contributed by atoms with van der Waals surface area (Å²) in [6.45, 7) is 6.88. The van der Waals surface area contributed by atoms with Crippen LogP contribution >= 0.6 is 23.4 Å². The highest BCUT2D eigenvalue weighted by molar-refractivity contribution is 7.98. The van der Waals surface area contributed by atoms with Crippen LogP contribution in [0.25, 0.3) is 11.0 Å². The topological polar surface area (TPSA) is 105 Å². The number of carbonyl (C=O) groups is 1. The number of thioether (sulfide) groups is 1. The third-order valence-electron chi connectivity index (χ3n) is 6.23. The summed E-state index contributed by atoms with van der Waals surface area (Å²) in [5, 5.41) is 14.3. The maximum absolute atomic E-state index is 13.6. The molecular formula is C26H31ClN6O3S. The van der Waals surface area contributed by atoms with Crippen LogP contribution in [0, 0.1) is 11.3 Å². The fraction of sp³-hybridized carbons (Fsp3) is 0.462. The maximum atomic E-state index is 13.6. The Kier molecular flexibility index (Phi) is 7.76. The summed E-state index contributed by atoms with van der Waals surface area (Å²) in [6.07, 6.45) is 2.94. The van der Waals surface area contributed by atoms with Crippen LogP contribution in [0.2, 0.25) is 5.02 Å². The third kappa shape index (κ3) is 5.58. The van der Waals surface area contributed by atoms with Gasteiger partial charge in [0.2, 0.25) is 0 Å². The van der Waals surface area contributed by atoms with Crippen molar-refractivity contribution in [1.82, 2.24) is 19.4 Å². The molecule has 1 N–H and O–H groups in total. The van der Waals surface area contributed by atoms with Crippen molar-refractivity contribution >= 4 is 46.3 Å². The quantitative estimate of drug-likeness (QED) is 0.373. The number of amides is 1. The molecule has 0 spiro atoms. The van der Waals surface area contributed by atoms with Gasteiger partial charge in [0.15, 0.2) is 5.16 Å². The van der Waals surface area contributed by atoms with Crippen molar-refractivity contribution in [3.8, 4) is 6.07 Å². The number of carbonyl (C=O) groups excluding carboxylic acids is 1. The van der Waals surface area contributed by atoms with Gasteiger partial charge < -0.3 is 19.5 Å². The lowest BCUT2D eigenvalue weighted by Gasteiger charge is -2.35. The Morgan fingerprint density at radius 2 is 2.08 bits per heavy atom. The van der Waals surface area contributed by atoms with Crippen LogP contribution in [0.5, 0.6) is 0 Å². The van der Waals surface area contributed by atoms with Crippen molar-refractivity contribution in [3.05, 3.63) is 50.8 Å². The van der Waals surface area contributed by atoms with Crippen LogP contribution in [0.4, 0.5) is 10.6 Å². The lowest BCUT2D eigenvalue weighted by atomic mass is 10.1. The van der Waals surface area contributed by atoms with E-state index in [1.54, 1.807) is 13.1 Å². The van der Waals surface area contributed by atoms with E-state index in [-0.39, 0.29) is 11.6 Å². The van der Waals surface area contributed by atoms with Crippen LogP contribution in [0.15, 0.2) is 34.2 Å². The number of halogens is 1. The minimum Gasteiger partial charge on any atom is -0.444 e. The molecule has 1 aromatic carbocycles. The number of hydrogen-bond acceptors (Lipinski definition) is 7. The normalized spacial score (nSPS) is 16.0. The highest BCUT2D eigenvalue weighted by Crippen LogP contribution is 2.34. The zero-order valence-electron chi connectivity index (χ0n) is 21.7. The number of piperidine rings is 1. The Morgan fingerprint density at radius 3 is 2.73 bits per heavy atom. The molecule has 2 aromatic heterocycles. The number of ether oxygens (including phenoxy) is 1. The lowest BCUT2D eigenvalue weighted by Crippen LogP contribution is -2.49. The van der Waals surface area contributed by atoms with Gasteiger partial charge in [0, 0.05) is 31.2 Å². The summed E-state index contributed by atoms with van der Waals surface area (Å²) in [5.41, 5.74) is 1.06. The van der Waals surface area contributed by atoms with E-state index in [1.165, 1.54) is 16.3 Å². The third-order valence-corrected chi connectivity index (χ3v) is 7.33. The van der Waals surface area contributed by atoms with Gasteiger partial charge in [0.05, 0.1) is 6.54 Å². The number of rotatable bonds is 5. The van der Waals surface area contributed by atoms with E-state index in [0.29, 0.717) is 52.2 Å². The first-order chi connectivity index (χ1) is 17.5. The summed E-state index contributed by atoms with van der Waals surface area (Å²) >= 11 is 7.85. The molecule has 0 aliphatic carbocycles. The fourth-order valence-corrected chi connectivity index (χ4v) is 5.40. The van der Waals surface area contributed by atoms with Crippen LogP contribution in [0.1, 0.15) is 44.7 Å². The number of fused-ring (bicyclic) bond motifs is 1. The number of nitrogens with zero attached hydrogens (tertiary/aromatic N) is 5. The van der Waals surface area contributed by atoms with Gasteiger partial charge in [0.25, 0.3) is 5.56 Å². The van der Waals surface area contributed by atoms with Crippen molar-refractivity contribution in [3.63, 3.8) is 0 Å². The maximum Gasteiger partial charge on any atom is 0.407 e. The molecule has 37 heavy (non-hydrogen) atoms. The van der Waals surface area contributed by atoms with Crippen LogP contribution in [0.3, 0.4) is 0 Å². The van der Waals surface area contributed by atoms with Gasteiger partial charge in [-0.3, -0.25) is 9.36 Å². The molecule has 0 saturated carbocycles. The summed E-state index contributed by atoms with van der Waals surface area (Å²) in [5.74, 6) is 0.607. The number of nitriles is 1. The first-order valence-electron chi connectivity index (χ1n) is 12.1. The molecule has 1 amide bonds. The van der Waals surface area contributed by atoms with Gasteiger partial charge in [-0.1, -0.05) is 41.6 Å². The molecule has 1 aliphatic rings. The molecule has 3 aromatic rings. The highest BCUT2D eigenvalue weighted by Gasteiger charge is 2.31. The van der Waals surface area contributed by atoms with Crippen molar-refractivity contribution in [1.29, 1.82) is 5.26 Å². The number of aromatic nitrogens is 3. The van der Waals surface area contributed by atoms with Gasteiger partial charge in [0.1, 0.15) is 34.1 Å². The van der Waals surface area contributed by atoms with Crippen molar-refractivity contribution in [2.75, 3.05) is 24.2 Å². The van der Waals surface area contributed by atoms with Crippen molar-refractivity contribution < 1.29 is 9.53 Å². The van der Waals surface area contributed by atoms with E-state index in [1.807, 2.05) is 49.8 Å². The molecule has 0 bridgehead atoms. The van der Waals surface area contributed by atoms with Gasteiger partial charge >= 0.3 is 6.09 Å². The number of benzene rings is 1. The Balaban J connectivity index is 1.83. The summed E-state index contributed by atoms with van der Waals surface area (Å²) in [7, 11) is 1.68. The van der Waals surface area contributed by atoms with E-state index < -0.39 is 11.7 Å². The van der Waals surface area contributed by atoms with Gasteiger partial charge in [-0.25, -0.2) is 9.78 Å². The molecule has 1 aliphatic heterocycles. The molecule has 3 heterocycles. The summed E-state index contributed by atoms with van der Waals surface area (Å²) < 4.78 is 8.80. The van der Waals surface area contributed by atoms with Crippen LogP contribution in [-0.2, 0) is 18.3 Å². The number of hydrogen-bond donors (Lipinski definition) is 1. The minimum absolute atomic E-state index is 0.181. The van der Waals surface area contributed by atoms with Gasteiger partial charge in [-0.2, -0.15) is 5.26 Å². The van der Waals surface area contributed by atoms with E-state index in [9.17, 15) is 14.9 Å². The molecule has 1 fully saturated rings. The van der Waals surface area contributed by atoms with Gasteiger partial charge in [-0.05, 0) is 51.5 Å². The Morgan fingerprint density at radius 1 is 1.35 bits per heavy atom. The number of alkyl carbamates (subject to hydrolysis) is 1. The molecule has 0 radical (unpaired) electrons. The second-order valence-corrected chi connectivity index (χ2v) is 11.3. The largest absolute Gasteiger partial charge is 0.444 e. The Hall–Kier alpha value is -3.16. The smallest absolute Gasteiger partial charge is 0.407 e. The second kappa shape index (κ2) is 10.7.